The molecular formula is C23H35NO6. The molecule has 0 saturated heterocycles. The third-order valence-corrected chi connectivity index (χ3v) is 5.48. The lowest BCUT2D eigenvalue weighted by atomic mass is 9.82. The smallest absolute Gasteiger partial charge is 0.328 e. The summed E-state index contributed by atoms with van der Waals surface area (Å²) in [7, 11) is 0. The lowest BCUT2D eigenvalue weighted by Crippen LogP contribution is -2.42. The van der Waals surface area contributed by atoms with E-state index in [1.54, 1.807) is 13.8 Å². The first-order valence-corrected chi connectivity index (χ1v) is 11.0. The first-order valence-electron chi connectivity index (χ1n) is 11.0. The van der Waals surface area contributed by atoms with Crippen molar-refractivity contribution in [1.29, 1.82) is 0 Å². The van der Waals surface area contributed by atoms with Crippen molar-refractivity contribution in [2.24, 2.45) is 5.41 Å². The van der Waals surface area contributed by atoms with Gasteiger partial charge in [-0.05, 0) is 31.4 Å². The van der Waals surface area contributed by atoms with E-state index >= 15 is 0 Å². The largest absolute Gasteiger partial charge is 0.465 e. The number of nitro groups is 1. The van der Waals surface area contributed by atoms with Crippen LogP contribution in [-0.2, 0) is 14.3 Å². The number of unbranched alkanes of at least 4 members (excludes halogenated alkanes) is 7. The van der Waals surface area contributed by atoms with E-state index in [9.17, 15) is 19.7 Å². The fourth-order valence-corrected chi connectivity index (χ4v) is 3.29. The average molecular weight is 422 g/mol. The van der Waals surface area contributed by atoms with Gasteiger partial charge in [-0.1, -0.05) is 65.7 Å². The zero-order valence-corrected chi connectivity index (χ0v) is 18.5. The van der Waals surface area contributed by atoms with Crippen molar-refractivity contribution in [2.45, 2.75) is 85.0 Å². The highest BCUT2D eigenvalue weighted by Crippen LogP contribution is 2.31. The second-order valence-corrected chi connectivity index (χ2v) is 7.54. The highest BCUT2D eigenvalue weighted by molar-refractivity contribution is 6.00. The van der Waals surface area contributed by atoms with E-state index in [0.29, 0.717) is 6.61 Å². The molecule has 1 aromatic carbocycles. The van der Waals surface area contributed by atoms with E-state index in [0.717, 1.165) is 19.3 Å². The van der Waals surface area contributed by atoms with Crippen molar-refractivity contribution in [3.63, 3.8) is 0 Å². The molecule has 0 aliphatic carbocycles. The number of rotatable bonds is 15. The van der Waals surface area contributed by atoms with Gasteiger partial charge in [0.05, 0.1) is 11.5 Å². The first kappa shape index (κ1) is 25.6. The van der Waals surface area contributed by atoms with Crippen LogP contribution in [0.2, 0.25) is 0 Å². The molecule has 0 spiro atoms. The van der Waals surface area contributed by atoms with E-state index in [2.05, 4.69) is 6.92 Å². The quantitative estimate of drug-likeness (QED) is 0.0862. The topological polar surface area (TPSA) is 95.7 Å². The summed E-state index contributed by atoms with van der Waals surface area (Å²) < 4.78 is 10.8. The molecule has 7 nitrogen and oxygen atoms in total. The van der Waals surface area contributed by atoms with Crippen LogP contribution in [0, 0.1) is 15.5 Å². The van der Waals surface area contributed by atoms with Crippen LogP contribution in [0.4, 0.5) is 5.69 Å². The monoisotopic (exact) mass is 421 g/mol. The number of carbonyl (C=O) groups excluding carboxylic acids is 2. The van der Waals surface area contributed by atoms with E-state index < -0.39 is 22.3 Å². The Hall–Kier alpha value is -2.44. The summed E-state index contributed by atoms with van der Waals surface area (Å²) in [6.07, 6.45) is 9.65. The molecule has 0 bridgehead atoms. The minimum Gasteiger partial charge on any atom is -0.465 e. The van der Waals surface area contributed by atoms with Crippen LogP contribution >= 0.6 is 0 Å². The molecule has 0 N–H and O–H groups in total. The molecule has 1 rings (SSSR count). The molecule has 0 radical (unpaired) electrons. The summed E-state index contributed by atoms with van der Waals surface area (Å²) in [5, 5.41) is 10.7. The van der Waals surface area contributed by atoms with Gasteiger partial charge in [-0.3, -0.25) is 19.7 Å². The molecule has 0 fully saturated rings. The van der Waals surface area contributed by atoms with Crippen LogP contribution in [0.5, 0.6) is 5.75 Å². The number of nitrogens with zero attached hydrogens (tertiary/aromatic N) is 1. The van der Waals surface area contributed by atoms with Crippen LogP contribution < -0.4 is 4.74 Å². The molecule has 168 valence electrons. The molecule has 0 saturated carbocycles. The Morgan fingerprint density at radius 1 is 0.867 bits per heavy atom. The number of hydrogen-bond acceptors (Lipinski definition) is 6. The minimum absolute atomic E-state index is 0.100. The standard InChI is InChI=1S/C23H35NO6/c1-4-7-8-9-10-11-12-13-18-29-21(25)23(5-2,6-3)22(26)30-20-16-14-19(15-17-20)24(27)28/h14-17H,4-13,18H2,1-3H3. The first-order chi connectivity index (χ1) is 14.4. The summed E-state index contributed by atoms with van der Waals surface area (Å²) in [5.41, 5.74) is -1.47. The molecule has 7 heteroatoms. The SMILES string of the molecule is CCCCCCCCCCOC(=O)C(CC)(CC)C(=O)Oc1ccc([N+](=O)[O-])cc1. The number of benzene rings is 1. The van der Waals surface area contributed by atoms with Gasteiger partial charge < -0.3 is 9.47 Å². The Morgan fingerprint density at radius 3 is 1.90 bits per heavy atom. The van der Waals surface area contributed by atoms with Crippen LogP contribution in [-0.4, -0.2) is 23.5 Å². The zero-order valence-electron chi connectivity index (χ0n) is 18.5. The third-order valence-electron chi connectivity index (χ3n) is 5.48. The van der Waals surface area contributed by atoms with Gasteiger partial charge in [-0.2, -0.15) is 0 Å². The second kappa shape index (κ2) is 13.7. The molecule has 1 aromatic rings. The Balaban J connectivity index is 2.53. The van der Waals surface area contributed by atoms with Gasteiger partial charge in [0.15, 0.2) is 5.41 Å². The van der Waals surface area contributed by atoms with Crippen molar-refractivity contribution in [3.8, 4) is 5.75 Å². The van der Waals surface area contributed by atoms with Crippen molar-refractivity contribution in [1.82, 2.24) is 0 Å². The Morgan fingerprint density at radius 2 is 1.40 bits per heavy atom. The molecule has 30 heavy (non-hydrogen) atoms. The maximum atomic E-state index is 12.8. The van der Waals surface area contributed by atoms with Crippen molar-refractivity contribution in [2.75, 3.05) is 6.61 Å². The van der Waals surface area contributed by atoms with E-state index in [4.69, 9.17) is 9.47 Å². The fraction of sp³-hybridized carbons (Fsp3) is 0.652. The second-order valence-electron chi connectivity index (χ2n) is 7.54. The van der Waals surface area contributed by atoms with Crippen molar-refractivity contribution < 1.29 is 24.0 Å². The van der Waals surface area contributed by atoms with Gasteiger partial charge in [0.2, 0.25) is 0 Å². The van der Waals surface area contributed by atoms with Crippen molar-refractivity contribution >= 4 is 17.6 Å². The predicted octanol–water partition coefficient (Wildman–Crippen LogP) is 5.99. The van der Waals surface area contributed by atoms with E-state index in [1.807, 2.05) is 0 Å². The number of ether oxygens (including phenoxy) is 2. The van der Waals surface area contributed by atoms with Gasteiger partial charge in [0, 0.05) is 12.1 Å². The average Bonchev–Trinajstić information content (AvgIpc) is 2.74. The zero-order chi connectivity index (χ0) is 22.4. The van der Waals surface area contributed by atoms with E-state index in [1.165, 1.54) is 56.4 Å². The minimum atomic E-state index is -1.37. The van der Waals surface area contributed by atoms with Crippen LogP contribution in [0.25, 0.3) is 0 Å². The Kier molecular flexibility index (Phi) is 11.7. The molecule has 0 heterocycles. The van der Waals surface area contributed by atoms with Gasteiger partial charge in [-0.25, -0.2) is 0 Å². The lowest BCUT2D eigenvalue weighted by molar-refractivity contribution is -0.384. The molecule has 0 aromatic heterocycles. The van der Waals surface area contributed by atoms with Crippen molar-refractivity contribution in [3.05, 3.63) is 34.4 Å². The summed E-state index contributed by atoms with van der Waals surface area (Å²) in [6, 6.07) is 5.20. The van der Waals surface area contributed by atoms with Gasteiger partial charge in [0.25, 0.3) is 5.69 Å². The van der Waals surface area contributed by atoms with Crippen LogP contribution in [0.3, 0.4) is 0 Å². The van der Waals surface area contributed by atoms with Crippen LogP contribution in [0.15, 0.2) is 24.3 Å². The molecule has 0 unspecified atom stereocenters. The van der Waals surface area contributed by atoms with Gasteiger partial charge in [-0.15, -0.1) is 0 Å². The number of carbonyl (C=O) groups is 2. The number of non-ortho nitro benzene ring substituents is 1. The maximum absolute atomic E-state index is 12.8. The molecule has 0 aliphatic heterocycles. The summed E-state index contributed by atoms with van der Waals surface area (Å²) in [5.74, 6) is -1.10. The number of nitro benzene ring substituents is 1. The third kappa shape index (κ3) is 7.76. The van der Waals surface area contributed by atoms with Gasteiger partial charge in [0.1, 0.15) is 5.75 Å². The molecular weight excluding hydrogens is 386 g/mol. The predicted molar refractivity (Wildman–Crippen MR) is 115 cm³/mol. The van der Waals surface area contributed by atoms with E-state index in [-0.39, 0.29) is 24.3 Å². The highest BCUT2D eigenvalue weighted by atomic mass is 16.6. The molecule has 0 aliphatic rings. The number of esters is 2. The Bertz CT molecular complexity index is 667. The fourth-order valence-electron chi connectivity index (χ4n) is 3.29. The summed E-state index contributed by atoms with van der Waals surface area (Å²) >= 11 is 0. The summed E-state index contributed by atoms with van der Waals surface area (Å²) in [6.45, 7) is 5.99. The molecule has 0 amide bonds. The Labute approximate surface area is 179 Å². The highest BCUT2D eigenvalue weighted by Gasteiger charge is 2.46. The van der Waals surface area contributed by atoms with Gasteiger partial charge >= 0.3 is 11.9 Å². The number of hydrogen-bond donors (Lipinski definition) is 0. The normalized spacial score (nSPS) is 11.2. The molecule has 0 atom stereocenters. The lowest BCUT2D eigenvalue weighted by Gasteiger charge is -2.26. The summed E-state index contributed by atoms with van der Waals surface area (Å²) in [4.78, 5) is 35.7. The maximum Gasteiger partial charge on any atom is 0.328 e. The van der Waals surface area contributed by atoms with Crippen LogP contribution in [0.1, 0.15) is 85.0 Å².